The number of aryl methyl sites for hydroxylation is 1. The van der Waals surface area contributed by atoms with E-state index in [0.717, 1.165) is 5.56 Å². The molecule has 146 valence electrons. The van der Waals surface area contributed by atoms with Crippen LogP contribution in [0, 0.1) is 6.92 Å². The highest BCUT2D eigenvalue weighted by Gasteiger charge is 2.24. The Hall–Kier alpha value is -2.38. The highest BCUT2D eigenvalue weighted by molar-refractivity contribution is 7.89. The van der Waals surface area contributed by atoms with Gasteiger partial charge in [-0.1, -0.05) is 38.1 Å². The maximum atomic E-state index is 12.8. The molecular formula is C20H26N2O4S. The quantitative estimate of drug-likeness (QED) is 0.752. The van der Waals surface area contributed by atoms with Gasteiger partial charge in [-0.05, 0) is 30.7 Å². The molecule has 0 fully saturated rings. The van der Waals surface area contributed by atoms with Crippen molar-refractivity contribution in [2.24, 2.45) is 0 Å². The third kappa shape index (κ3) is 4.67. The Labute approximate surface area is 161 Å². The summed E-state index contributed by atoms with van der Waals surface area (Å²) in [6.45, 7) is 6.35. The summed E-state index contributed by atoms with van der Waals surface area (Å²) in [5.74, 6) is 0.350. The van der Waals surface area contributed by atoms with Crippen LogP contribution in [0.25, 0.3) is 0 Å². The van der Waals surface area contributed by atoms with Crippen molar-refractivity contribution in [2.75, 3.05) is 20.2 Å². The van der Waals surface area contributed by atoms with Gasteiger partial charge in [0.05, 0.1) is 12.0 Å². The zero-order chi connectivity index (χ0) is 20.0. The molecule has 0 saturated heterocycles. The lowest BCUT2D eigenvalue weighted by Crippen LogP contribution is -2.31. The molecule has 0 aromatic heterocycles. The smallest absolute Gasteiger partial charge is 0.251 e. The number of methoxy groups -OCH3 is 1. The lowest BCUT2D eigenvalue weighted by molar-refractivity contribution is 0.0950. The second kappa shape index (κ2) is 9.01. The van der Waals surface area contributed by atoms with E-state index >= 15 is 0 Å². The average Bonchev–Trinajstić information content (AvgIpc) is 2.67. The molecule has 0 bridgehead atoms. The first kappa shape index (κ1) is 20.9. The number of amides is 1. The number of ether oxygens (including phenoxy) is 1. The van der Waals surface area contributed by atoms with E-state index in [2.05, 4.69) is 5.32 Å². The van der Waals surface area contributed by atoms with E-state index in [4.69, 9.17) is 4.74 Å². The Kier molecular flexibility index (Phi) is 6.98. The SMILES string of the molecule is CCN(CC)S(=O)(=O)c1cc(C(=O)NCc2ccccc2OC)ccc1C. The summed E-state index contributed by atoms with van der Waals surface area (Å²) in [6, 6.07) is 12.1. The lowest BCUT2D eigenvalue weighted by atomic mass is 10.1. The molecular weight excluding hydrogens is 364 g/mol. The summed E-state index contributed by atoms with van der Waals surface area (Å²) in [4.78, 5) is 12.7. The van der Waals surface area contributed by atoms with Crippen molar-refractivity contribution >= 4 is 15.9 Å². The molecule has 1 amide bonds. The van der Waals surface area contributed by atoms with Crippen LogP contribution >= 0.6 is 0 Å². The van der Waals surface area contributed by atoms with Gasteiger partial charge >= 0.3 is 0 Å². The molecule has 2 rings (SSSR count). The normalized spacial score (nSPS) is 11.4. The molecule has 0 heterocycles. The molecule has 7 heteroatoms. The first-order valence-electron chi connectivity index (χ1n) is 8.86. The molecule has 0 spiro atoms. The van der Waals surface area contributed by atoms with Crippen LogP contribution in [0.5, 0.6) is 5.75 Å². The minimum absolute atomic E-state index is 0.163. The number of benzene rings is 2. The Morgan fingerprint density at radius 1 is 1.11 bits per heavy atom. The zero-order valence-corrected chi connectivity index (χ0v) is 17.0. The molecule has 1 N–H and O–H groups in total. The van der Waals surface area contributed by atoms with E-state index < -0.39 is 10.0 Å². The van der Waals surface area contributed by atoms with Crippen LogP contribution < -0.4 is 10.1 Å². The zero-order valence-electron chi connectivity index (χ0n) is 16.2. The van der Waals surface area contributed by atoms with Crippen molar-refractivity contribution in [3.63, 3.8) is 0 Å². The second-order valence-corrected chi connectivity index (χ2v) is 7.97. The number of nitrogens with zero attached hydrogens (tertiary/aromatic N) is 1. The minimum atomic E-state index is -3.63. The van der Waals surface area contributed by atoms with Crippen LogP contribution in [-0.2, 0) is 16.6 Å². The van der Waals surface area contributed by atoms with Gasteiger partial charge in [-0.3, -0.25) is 4.79 Å². The van der Waals surface area contributed by atoms with Crippen LogP contribution in [0.1, 0.15) is 35.3 Å². The molecule has 27 heavy (non-hydrogen) atoms. The summed E-state index contributed by atoms with van der Waals surface area (Å²) in [5, 5.41) is 2.82. The van der Waals surface area contributed by atoms with E-state index in [1.807, 2.05) is 24.3 Å². The Bertz CT molecular complexity index is 906. The van der Waals surface area contributed by atoms with Crippen LogP contribution in [0.4, 0.5) is 0 Å². The van der Waals surface area contributed by atoms with Crippen molar-refractivity contribution in [1.82, 2.24) is 9.62 Å². The van der Waals surface area contributed by atoms with Crippen molar-refractivity contribution in [3.05, 3.63) is 59.2 Å². The lowest BCUT2D eigenvalue weighted by Gasteiger charge is -2.20. The molecule has 6 nitrogen and oxygen atoms in total. The summed E-state index contributed by atoms with van der Waals surface area (Å²) in [5.41, 5.74) is 1.76. The van der Waals surface area contributed by atoms with Crippen LogP contribution in [0.2, 0.25) is 0 Å². The number of hydrogen-bond donors (Lipinski definition) is 1. The number of rotatable bonds is 8. The molecule has 0 saturated carbocycles. The minimum Gasteiger partial charge on any atom is -0.496 e. The Morgan fingerprint density at radius 2 is 1.78 bits per heavy atom. The molecule has 0 radical (unpaired) electrons. The fourth-order valence-corrected chi connectivity index (χ4v) is 4.56. The highest BCUT2D eigenvalue weighted by Crippen LogP contribution is 2.22. The molecule has 0 aliphatic heterocycles. The molecule has 0 aliphatic carbocycles. The summed E-state index contributed by atoms with van der Waals surface area (Å²) in [6.07, 6.45) is 0. The van der Waals surface area contributed by atoms with E-state index in [1.165, 1.54) is 10.4 Å². The maximum Gasteiger partial charge on any atom is 0.251 e. The third-order valence-electron chi connectivity index (χ3n) is 4.41. The largest absolute Gasteiger partial charge is 0.496 e. The van der Waals surface area contributed by atoms with Gasteiger partial charge in [-0.25, -0.2) is 8.42 Å². The molecule has 0 unspecified atom stereocenters. The number of para-hydroxylation sites is 1. The van der Waals surface area contributed by atoms with Crippen molar-refractivity contribution < 1.29 is 17.9 Å². The molecule has 2 aromatic carbocycles. The predicted octanol–water partition coefficient (Wildman–Crippen LogP) is 2.96. The predicted molar refractivity (Wildman–Crippen MR) is 105 cm³/mol. The molecule has 0 atom stereocenters. The van der Waals surface area contributed by atoms with Gasteiger partial charge < -0.3 is 10.1 Å². The molecule has 2 aromatic rings. The summed E-state index contributed by atoms with van der Waals surface area (Å²) in [7, 11) is -2.06. The van der Waals surface area contributed by atoms with Gasteiger partial charge in [-0.2, -0.15) is 4.31 Å². The van der Waals surface area contributed by atoms with Crippen molar-refractivity contribution in [1.29, 1.82) is 0 Å². The van der Waals surface area contributed by atoms with Crippen LogP contribution in [0.15, 0.2) is 47.4 Å². The number of carbonyl (C=O) groups excluding carboxylic acids is 1. The third-order valence-corrected chi connectivity index (χ3v) is 6.60. The Morgan fingerprint density at radius 3 is 2.41 bits per heavy atom. The van der Waals surface area contributed by atoms with E-state index in [0.29, 0.717) is 30.0 Å². The molecule has 0 aliphatic rings. The van der Waals surface area contributed by atoms with Crippen LogP contribution in [-0.4, -0.2) is 38.8 Å². The van der Waals surface area contributed by atoms with E-state index in [1.54, 1.807) is 40.0 Å². The fraction of sp³-hybridized carbons (Fsp3) is 0.350. The van der Waals surface area contributed by atoms with Crippen LogP contribution in [0.3, 0.4) is 0 Å². The topological polar surface area (TPSA) is 75.7 Å². The van der Waals surface area contributed by atoms with Gasteiger partial charge in [0.25, 0.3) is 5.91 Å². The monoisotopic (exact) mass is 390 g/mol. The average molecular weight is 391 g/mol. The van der Waals surface area contributed by atoms with E-state index in [9.17, 15) is 13.2 Å². The van der Waals surface area contributed by atoms with Gasteiger partial charge in [-0.15, -0.1) is 0 Å². The van der Waals surface area contributed by atoms with Crippen molar-refractivity contribution in [2.45, 2.75) is 32.2 Å². The summed E-state index contributed by atoms with van der Waals surface area (Å²) >= 11 is 0. The summed E-state index contributed by atoms with van der Waals surface area (Å²) < 4.78 is 32.3. The van der Waals surface area contributed by atoms with Crippen molar-refractivity contribution in [3.8, 4) is 5.75 Å². The van der Waals surface area contributed by atoms with Gasteiger partial charge in [0.2, 0.25) is 10.0 Å². The number of nitrogens with one attached hydrogen (secondary N) is 1. The number of sulfonamides is 1. The second-order valence-electron chi connectivity index (χ2n) is 6.06. The standard InChI is InChI=1S/C20H26N2O4S/c1-5-22(6-2)27(24,25)19-13-16(12-11-15(19)3)20(23)21-14-17-9-7-8-10-18(17)26-4/h7-13H,5-6,14H2,1-4H3,(H,21,23). The number of hydrogen-bond acceptors (Lipinski definition) is 4. The van der Waals surface area contributed by atoms with Gasteiger partial charge in [0.15, 0.2) is 0 Å². The number of carbonyl (C=O) groups is 1. The maximum absolute atomic E-state index is 12.8. The van der Waals surface area contributed by atoms with Gasteiger partial charge in [0.1, 0.15) is 5.75 Å². The van der Waals surface area contributed by atoms with E-state index in [-0.39, 0.29) is 17.3 Å². The first-order chi connectivity index (χ1) is 12.8. The first-order valence-corrected chi connectivity index (χ1v) is 10.3. The highest BCUT2D eigenvalue weighted by atomic mass is 32.2. The fourth-order valence-electron chi connectivity index (χ4n) is 2.85. The van der Waals surface area contributed by atoms with Gasteiger partial charge in [0, 0.05) is 30.8 Å². The Balaban J connectivity index is 2.25.